The highest BCUT2D eigenvalue weighted by atomic mass is 16.5. The van der Waals surface area contributed by atoms with Crippen molar-refractivity contribution in [2.24, 2.45) is 0 Å². The number of aryl methyl sites for hydroxylation is 1. The number of rotatable bonds is 9. The fourth-order valence-electron chi connectivity index (χ4n) is 2.87. The molecule has 28 heavy (non-hydrogen) atoms. The molecule has 0 bridgehead atoms. The normalized spacial score (nSPS) is 10.3. The first kappa shape index (κ1) is 19.5. The van der Waals surface area contributed by atoms with Crippen molar-refractivity contribution in [2.75, 3.05) is 7.11 Å². The highest BCUT2D eigenvalue weighted by Crippen LogP contribution is 2.28. The van der Waals surface area contributed by atoms with Gasteiger partial charge in [0.25, 0.3) is 0 Å². The molecule has 0 aromatic heterocycles. The van der Waals surface area contributed by atoms with Gasteiger partial charge in [-0.25, -0.2) is 0 Å². The smallest absolute Gasteiger partial charge is 0.220 e. The van der Waals surface area contributed by atoms with Gasteiger partial charge in [-0.1, -0.05) is 66.7 Å². The van der Waals surface area contributed by atoms with Gasteiger partial charge < -0.3 is 14.8 Å². The fraction of sp³-hybridized carbons (Fsp3) is 0.208. The van der Waals surface area contributed by atoms with Gasteiger partial charge in [-0.2, -0.15) is 0 Å². The van der Waals surface area contributed by atoms with Crippen molar-refractivity contribution in [3.63, 3.8) is 0 Å². The Morgan fingerprint density at radius 1 is 0.821 bits per heavy atom. The molecule has 0 spiro atoms. The highest BCUT2D eigenvalue weighted by Gasteiger charge is 2.08. The quantitative estimate of drug-likeness (QED) is 0.598. The Balaban J connectivity index is 1.50. The van der Waals surface area contributed by atoms with Crippen molar-refractivity contribution in [2.45, 2.75) is 26.0 Å². The number of carbonyl (C=O) groups is 1. The van der Waals surface area contributed by atoms with E-state index in [1.54, 1.807) is 7.11 Å². The maximum Gasteiger partial charge on any atom is 0.220 e. The van der Waals surface area contributed by atoms with Crippen LogP contribution in [0, 0.1) is 0 Å². The van der Waals surface area contributed by atoms with E-state index in [2.05, 4.69) is 5.32 Å². The van der Waals surface area contributed by atoms with Crippen LogP contribution in [0.3, 0.4) is 0 Å². The molecule has 3 aromatic rings. The van der Waals surface area contributed by atoms with Gasteiger partial charge in [0.1, 0.15) is 6.61 Å². The number of carbonyl (C=O) groups excluding carboxylic acids is 1. The third-order valence-electron chi connectivity index (χ3n) is 4.44. The molecule has 4 heteroatoms. The van der Waals surface area contributed by atoms with Gasteiger partial charge in [-0.05, 0) is 35.2 Å². The summed E-state index contributed by atoms with van der Waals surface area (Å²) in [6, 6.07) is 25.7. The van der Waals surface area contributed by atoms with Crippen LogP contribution in [0.1, 0.15) is 23.1 Å². The molecule has 0 aliphatic carbocycles. The molecular weight excluding hydrogens is 350 g/mol. The molecule has 144 valence electrons. The second-order valence-corrected chi connectivity index (χ2v) is 6.52. The second-order valence-electron chi connectivity index (χ2n) is 6.52. The molecule has 1 N–H and O–H groups in total. The summed E-state index contributed by atoms with van der Waals surface area (Å²) < 4.78 is 11.3. The molecule has 3 aromatic carbocycles. The van der Waals surface area contributed by atoms with Crippen molar-refractivity contribution in [3.8, 4) is 11.5 Å². The summed E-state index contributed by atoms with van der Waals surface area (Å²) in [5.74, 6) is 1.38. The Kier molecular flexibility index (Phi) is 7.08. The van der Waals surface area contributed by atoms with E-state index in [0.717, 1.165) is 17.5 Å². The Labute approximate surface area is 166 Å². The Morgan fingerprint density at radius 3 is 2.18 bits per heavy atom. The molecule has 0 saturated carbocycles. The number of hydrogen-bond acceptors (Lipinski definition) is 3. The Morgan fingerprint density at radius 2 is 1.50 bits per heavy atom. The molecule has 0 aliphatic rings. The molecular formula is C24H25NO3. The summed E-state index contributed by atoms with van der Waals surface area (Å²) in [4.78, 5) is 12.1. The van der Waals surface area contributed by atoms with Crippen LogP contribution in [0.25, 0.3) is 0 Å². The first-order chi connectivity index (χ1) is 13.7. The second kappa shape index (κ2) is 10.2. The number of hydrogen-bond donors (Lipinski definition) is 1. The monoisotopic (exact) mass is 375 g/mol. The number of benzene rings is 3. The van der Waals surface area contributed by atoms with E-state index in [4.69, 9.17) is 9.47 Å². The zero-order valence-corrected chi connectivity index (χ0v) is 16.1. The molecule has 0 unspecified atom stereocenters. The number of amides is 1. The minimum atomic E-state index is 0.0345. The van der Waals surface area contributed by atoms with E-state index in [-0.39, 0.29) is 5.91 Å². The number of nitrogens with one attached hydrogen (secondary N) is 1. The zero-order valence-electron chi connectivity index (χ0n) is 16.1. The van der Waals surface area contributed by atoms with Crippen LogP contribution < -0.4 is 14.8 Å². The average molecular weight is 375 g/mol. The van der Waals surface area contributed by atoms with Crippen LogP contribution in [0.4, 0.5) is 0 Å². The fourth-order valence-corrected chi connectivity index (χ4v) is 2.87. The average Bonchev–Trinajstić information content (AvgIpc) is 2.76. The van der Waals surface area contributed by atoms with Gasteiger partial charge in [0, 0.05) is 13.0 Å². The summed E-state index contributed by atoms with van der Waals surface area (Å²) in [5, 5.41) is 2.96. The van der Waals surface area contributed by atoms with Crippen molar-refractivity contribution >= 4 is 5.91 Å². The summed E-state index contributed by atoms with van der Waals surface area (Å²) in [5.41, 5.74) is 3.23. The summed E-state index contributed by atoms with van der Waals surface area (Å²) >= 11 is 0. The van der Waals surface area contributed by atoms with Crippen molar-refractivity contribution in [3.05, 3.63) is 95.6 Å². The molecule has 4 nitrogen and oxygen atoms in total. The van der Waals surface area contributed by atoms with Crippen LogP contribution in [0.5, 0.6) is 11.5 Å². The SMILES string of the molecule is COc1cc(CNC(=O)CCc2ccccc2)ccc1OCc1ccccc1. The van der Waals surface area contributed by atoms with Crippen LogP contribution >= 0.6 is 0 Å². The molecule has 0 fully saturated rings. The lowest BCUT2D eigenvalue weighted by Crippen LogP contribution is -2.23. The van der Waals surface area contributed by atoms with E-state index in [1.807, 2.05) is 78.9 Å². The number of methoxy groups -OCH3 is 1. The minimum absolute atomic E-state index is 0.0345. The van der Waals surface area contributed by atoms with Gasteiger partial charge in [0.15, 0.2) is 11.5 Å². The van der Waals surface area contributed by atoms with E-state index >= 15 is 0 Å². The number of ether oxygens (including phenoxy) is 2. The van der Waals surface area contributed by atoms with Gasteiger partial charge in [-0.15, -0.1) is 0 Å². The van der Waals surface area contributed by atoms with Gasteiger partial charge in [0.05, 0.1) is 7.11 Å². The van der Waals surface area contributed by atoms with E-state index in [9.17, 15) is 4.79 Å². The lowest BCUT2D eigenvalue weighted by Gasteiger charge is -2.13. The summed E-state index contributed by atoms with van der Waals surface area (Å²) in [6.45, 7) is 0.940. The van der Waals surface area contributed by atoms with E-state index in [1.165, 1.54) is 5.56 Å². The molecule has 0 aliphatic heterocycles. The standard InChI is InChI=1S/C24H25NO3/c1-27-23-16-21(12-14-22(23)28-18-20-10-6-3-7-11-20)17-25-24(26)15-13-19-8-4-2-5-9-19/h2-12,14,16H,13,15,17-18H2,1H3,(H,25,26). The van der Waals surface area contributed by atoms with E-state index in [0.29, 0.717) is 31.1 Å². The van der Waals surface area contributed by atoms with Gasteiger partial charge in [0.2, 0.25) is 5.91 Å². The molecule has 3 rings (SSSR count). The molecule has 0 heterocycles. The van der Waals surface area contributed by atoms with Crippen molar-refractivity contribution in [1.82, 2.24) is 5.32 Å². The topological polar surface area (TPSA) is 47.6 Å². The largest absolute Gasteiger partial charge is 0.493 e. The first-order valence-corrected chi connectivity index (χ1v) is 9.39. The molecule has 1 amide bonds. The third kappa shape index (κ3) is 5.88. The maximum absolute atomic E-state index is 12.1. The molecule has 0 saturated heterocycles. The zero-order chi connectivity index (χ0) is 19.6. The molecule has 0 atom stereocenters. The lowest BCUT2D eigenvalue weighted by atomic mass is 10.1. The minimum Gasteiger partial charge on any atom is -0.493 e. The van der Waals surface area contributed by atoms with Crippen molar-refractivity contribution in [1.29, 1.82) is 0 Å². The predicted molar refractivity (Wildman–Crippen MR) is 110 cm³/mol. The highest BCUT2D eigenvalue weighted by molar-refractivity contribution is 5.76. The Bertz CT molecular complexity index is 879. The van der Waals surface area contributed by atoms with Crippen LogP contribution in [0.15, 0.2) is 78.9 Å². The van der Waals surface area contributed by atoms with Gasteiger partial charge in [-0.3, -0.25) is 4.79 Å². The Hall–Kier alpha value is -3.27. The summed E-state index contributed by atoms with van der Waals surface area (Å²) in [6.07, 6.45) is 1.21. The van der Waals surface area contributed by atoms with Gasteiger partial charge >= 0.3 is 0 Å². The van der Waals surface area contributed by atoms with Crippen LogP contribution in [-0.2, 0) is 24.4 Å². The lowest BCUT2D eigenvalue weighted by molar-refractivity contribution is -0.121. The van der Waals surface area contributed by atoms with Crippen LogP contribution in [0.2, 0.25) is 0 Å². The van der Waals surface area contributed by atoms with Crippen LogP contribution in [-0.4, -0.2) is 13.0 Å². The first-order valence-electron chi connectivity index (χ1n) is 9.39. The van der Waals surface area contributed by atoms with Crippen molar-refractivity contribution < 1.29 is 14.3 Å². The predicted octanol–water partition coefficient (Wildman–Crippen LogP) is 4.52. The maximum atomic E-state index is 12.1. The summed E-state index contributed by atoms with van der Waals surface area (Å²) in [7, 11) is 1.62. The van der Waals surface area contributed by atoms with E-state index < -0.39 is 0 Å². The third-order valence-corrected chi connectivity index (χ3v) is 4.44. The molecule has 0 radical (unpaired) electrons.